The Morgan fingerprint density at radius 1 is 1.32 bits per heavy atom. The number of aryl methyl sites for hydroxylation is 2. The van der Waals surface area contributed by atoms with Crippen molar-refractivity contribution in [1.82, 2.24) is 20.2 Å². The number of primary amides is 1. The molecule has 0 unspecified atom stereocenters. The molecule has 0 saturated carbocycles. The number of carbonyl (C=O) groups excluding carboxylic acids is 1. The lowest BCUT2D eigenvalue weighted by atomic mass is 10.1. The average Bonchev–Trinajstić information content (AvgIpc) is 2.86. The lowest BCUT2D eigenvalue weighted by Gasteiger charge is -1.99. The number of benzene rings is 1. The molecular weight excluding hydrogens is 242 g/mol. The zero-order valence-corrected chi connectivity index (χ0v) is 10.9. The molecule has 0 aliphatic heterocycles. The number of tetrazole rings is 1. The van der Waals surface area contributed by atoms with Crippen LogP contribution in [0.25, 0.3) is 11.4 Å². The summed E-state index contributed by atoms with van der Waals surface area (Å²) < 4.78 is 0. The summed E-state index contributed by atoms with van der Waals surface area (Å²) >= 11 is 0. The molecule has 100 valence electrons. The Morgan fingerprint density at radius 2 is 2.05 bits per heavy atom. The van der Waals surface area contributed by atoms with Crippen molar-refractivity contribution in [2.24, 2.45) is 5.73 Å². The van der Waals surface area contributed by atoms with Crippen LogP contribution in [0.2, 0.25) is 0 Å². The number of aromatic nitrogens is 4. The van der Waals surface area contributed by atoms with Crippen LogP contribution in [0.15, 0.2) is 24.3 Å². The van der Waals surface area contributed by atoms with E-state index in [4.69, 9.17) is 5.73 Å². The lowest BCUT2D eigenvalue weighted by Crippen LogP contribution is -2.15. The number of nitrogens with two attached hydrogens (primary N) is 1. The molecule has 1 heterocycles. The Morgan fingerprint density at radius 3 is 2.68 bits per heavy atom. The zero-order valence-electron chi connectivity index (χ0n) is 10.9. The minimum Gasteiger partial charge on any atom is -0.370 e. The van der Waals surface area contributed by atoms with Gasteiger partial charge in [0.25, 0.3) is 0 Å². The van der Waals surface area contributed by atoms with Crippen molar-refractivity contribution in [2.45, 2.75) is 32.7 Å². The van der Waals surface area contributed by atoms with E-state index in [1.807, 2.05) is 12.1 Å². The summed E-state index contributed by atoms with van der Waals surface area (Å²) in [4.78, 5) is 12.1. The van der Waals surface area contributed by atoms with E-state index in [0.717, 1.165) is 18.4 Å². The molecule has 19 heavy (non-hydrogen) atoms. The van der Waals surface area contributed by atoms with Gasteiger partial charge in [0, 0.05) is 12.0 Å². The Labute approximate surface area is 111 Å². The molecule has 0 atom stereocenters. The van der Waals surface area contributed by atoms with Gasteiger partial charge in [0.2, 0.25) is 11.7 Å². The number of rotatable bonds is 6. The molecule has 0 bridgehead atoms. The molecule has 1 amide bonds. The van der Waals surface area contributed by atoms with Crippen LogP contribution in [-0.2, 0) is 17.8 Å². The molecule has 0 aliphatic carbocycles. The topological polar surface area (TPSA) is 86.7 Å². The molecule has 6 nitrogen and oxygen atoms in total. The minimum atomic E-state index is -0.372. The van der Waals surface area contributed by atoms with E-state index in [9.17, 15) is 4.79 Å². The highest BCUT2D eigenvalue weighted by molar-refractivity contribution is 5.73. The number of hydrogen-bond donors (Lipinski definition) is 1. The fraction of sp³-hybridized carbons (Fsp3) is 0.385. The van der Waals surface area contributed by atoms with Gasteiger partial charge in [0.1, 0.15) is 0 Å². The Bertz CT molecular complexity index is 546. The molecule has 6 heteroatoms. The van der Waals surface area contributed by atoms with Crippen LogP contribution >= 0.6 is 0 Å². The van der Waals surface area contributed by atoms with E-state index in [0.29, 0.717) is 12.4 Å². The first-order valence-electron chi connectivity index (χ1n) is 6.34. The van der Waals surface area contributed by atoms with Crippen molar-refractivity contribution in [3.63, 3.8) is 0 Å². The van der Waals surface area contributed by atoms with Crippen molar-refractivity contribution >= 4 is 5.91 Å². The lowest BCUT2D eigenvalue weighted by molar-refractivity contribution is -0.118. The first-order chi connectivity index (χ1) is 9.19. The Hall–Kier alpha value is -2.24. The molecule has 2 rings (SSSR count). The van der Waals surface area contributed by atoms with Crippen LogP contribution in [-0.4, -0.2) is 26.1 Å². The third-order valence-electron chi connectivity index (χ3n) is 2.76. The molecule has 1 aromatic heterocycles. The van der Waals surface area contributed by atoms with E-state index in [1.54, 1.807) is 0 Å². The summed E-state index contributed by atoms with van der Waals surface area (Å²) in [5.41, 5.74) is 7.30. The van der Waals surface area contributed by atoms with Crippen LogP contribution in [0.1, 0.15) is 25.3 Å². The quantitative estimate of drug-likeness (QED) is 0.843. The summed E-state index contributed by atoms with van der Waals surface area (Å²) in [5.74, 6) is 0.190. The summed E-state index contributed by atoms with van der Waals surface area (Å²) in [5, 5.41) is 12.1. The van der Waals surface area contributed by atoms with Gasteiger partial charge in [-0.25, -0.2) is 0 Å². The molecule has 2 aromatic rings. The predicted molar refractivity (Wildman–Crippen MR) is 71.1 cm³/mol. The number of nitrogens with zero attached hydrogens (tertiary/aromatic N) is 4. The Kier molecular flexibility index (Phi) is 4.22. The normalized spacial score (nSPS) is 10.6. The average molecular weight is 259 g/mol. The van der Waals surface area contributed by atoms with Gasteiger partial charge in [-0.15, -0.1) is 10.2 Å². The summed E-state index contributed by atoms with van der Waals surface area (Å²) in [7, 11) is 0. The van der Waals surface area contributed by atoms with Gasteiger partial charge >= 0.3 is 0 Å². The summed E-state index contributed by atoms with van der Waals surface area (Å²) in [6.07, 6.45) is 2.41. The number of carbonyl (C=O) groups is 1. The first kappa shape index (κ1) is 13.2. The fourth-order valence-corrected chi connectivity index (χ4v) is 1.77. The van der Waals surface area contributed by atoms with Crippen molar-refractivity contribution in [3.8, 4) is 11.4 Å². The monoisotopic (exact) mass is 259 g/mol. The maximum atomic E-state index is 10.7. The van der Waals surface area contributed by atoms with Crippen LogP contribution < -0.4 is 5.73 Å². The Balaban J connectivity index is 2.07. The molecule has 0 saturated heterocycles. The van der Waals surface area contributed by atoms with Crippen molar-refractivity contribution < 1.29 is 4.79 Å². The van der Waals surface area contributed by atoms with E-state index >= 15 is 0 Å². The third kappa shape index (κ3) is 3.61. The molecule has 2 N–H and O–H groups in total. The molecule has 0 aliphatic rings. The molecular formula is C13H17N5O. The van der Waals surface area contributed by atoms with Gasteiger partial charge in [-0.3, -0.25) is 4.79 Å². The van der Waals surface area contributed by atoms with Crippen molar-refractivity contribution in [1.29, 1.82) is 0 Å². The molecule has 0 spiro atoms. The second-order valence-corrected chi connectivity index (χ2v) is 4.37. The zero-order chi connectivity index (χ0) is 13.7. The molecule has 0 fully saturated rings. The van der Waals surface area contributed by atoms with E-state index < -0.39 is 0 Å². The van der Waals surface area contributed by atoms with Gasteiger partial charge < -0.3 is 5.73 Å². The van der Waals surface area contributed by atoms with Gasteiger partial charge in [-0.2, -0.15) is 4.80 Å². The fourth-order valence-electron chi connectivity index (χ4n) is 1.77. The highest BCUT2D eigenvalue weighted by atomic mass is 16.1. The number of hydrogen-bond acceptors (Lipinski definition) is 4. The van der Waals surface area contributed by atoms with Gasteiger partial charge in [0.15, 0.2) is 0 Å². The van der Waals surface area contributed by atoms with Crippen LogP contribution in [0.5, 0.6) is 0 Å². The van der Waals surface area contributed by atoms with E-state index in [2.05, 4.69) is 34.5 Å². The minimum absolute atomic E-state index is 0.214. The second kappa shape index (κ2) is 6.08. The predicted octanol–water partition coefficient (Wildman–Crippen LogP) is 1.17. The van der Waals surface area contributed by atoms with Crippen molar-refractivity contribution in [3.05, 3.63) is 29.8 Å². The maximum Gasteiger partial charge on any atom is 0.219 e. The third-order valence-corrected chi connectivity index (χ3v) is 2.76. The van der Waals surface area contributed by atoms with Gasteiger partial charge in [0.05, 0.1) is 6.54 Å². The summed E-state index contributed by atoms with van der Waals surface area (Å²) in [6.45, 7) is 2.51. The largest absolute Gasteiger partial charge is 0.370 e. The van der Waals surface area contributed by atoms with Gasteiger partial charge in [-0.05, 0) is 17.2 Å². The summed E-state index contributed by atoms with van der Waals surface area (Å²) in [6, 6.07) is 8.12. The van der Waals surface area contributed by atoms with E-state index in [1.165, 1.54) is 10.4 Å². The second-order valence-electron chi connectivity index (χ2n) is 4.37. The van der Waals surface area contributed by atoms with Crippen LogP contribution in [0.4, 0.5) is 0 Å². The molecule has 0 radical (unpaired) electrons. The first-order valence-corrected chi connectivity index (χ1v) is 6.34. The highest BCUT2D eigenvalue weighted by Crippen LogP contribution is 2.15. The number of amides is 1. The maximum absolute atomic E-state index is 10.7. The van der Waals surface area contributed by atoms with Gasteiger partial charge in [-0.1, -0.05) is 37.6 Å². The standard InChI is InChI=1S/C13H17N5O/c1-2-3-10-4-6-11(7-5-10)13-15-17-18(16-13)9-8-12(14)19/h4-7H,2-3,8-9H2,1H3,(H2,14,19). The SMILES string of the molecule is CCCc1ccc(-c2nnn(CCC(N)=O)n2)cc1. The highest BCUT2D eigenvalue weighted by Gasteiger charge is 2.06. The molecule has 1 aromatic carbocycles. The van der Waals surface area contributed by atoms with E-state index in [-0.39, 0.29) is 12.3 Å². The van der Waals surface area contributed by atoms with Crippen molar-refractivity contribution in [2.75, 3.05) is 0 Å². The van der Waals surface area contributed by atoms with Crippen LogP contribution in [0, 0.1) is 0 Å². The van der Waals surface area contributed by atoms with Crippen LogP contribution in [0.3, 0.4) is 0 Å². The smallest absolute Gasteiger partial charge is 0.219 e.